The van der Waals surface area contributed by atoms with Gasteiger partial charge in [-0.3, -0.25) is 9.59 Å². The Hall–Kier alpha value is -1.20. The topological polar surface area (TPSA) is 49.4 Å². The van der Waals surface area contributed by atoms with Gasteiger partial charge in [0.25, 0.3) is 5.91 Å². The fraction of sp³-hybridized carbons (Fsp3) is 0.333. The van der Waals surface area contributed by atoms with Gasteiger partial charge in [-0.1, -0.05) is 15.9 Å². The molecular weight excluding hydrogens is 284 g/mol. The summed E-state index contributed by atoms with van der Waals surface area (Å²) in [5.41, 5.74) is 0.441. The Morgan fingerprint density at radius 1 is 1.12 bits per heavy atom. The van der Waals surface area contributed by atoms with E-state index in [0.717, 1.165) is 17.6 Å². The third kappa shape index (κ3) is 2.92. The van der Waals surface area contributed by atoms with E-state index in [1.54, 1.807) is 29.2 Å². The highest BCUT2D eigenvalue weighted by molar-refractivity contribution is 9.10. The molecule has 1 aromatic carbocycles. The van der Waals surface area contributed by atoms with Crippen molar-refractivity contribution >= 4 is 27.6 Å². The van der Waals surface area contributed by atoms with Crippen LogP contribution in [0.25, 0.3) is 0 Å². The van der Waals surface area contributed by atoms with Crippen LogP contribution < -0.4 is 5.32 Å². The van der Waals surface area contributed by atoms with Crippen molar-refractivity contribution < 1.29 is 9.59 Å². The zero-order valence-electron chi connectivity index (χ0n) is 9.28. The first-order valence-electron chi connectivity index (χ1n) is 5.48. The van der Waals surface area contributed by atoms with E-state index in [9.17, 15) is 9.59 Å². The second-order valence-electron chi connectivity index (χ2n) is 3.88. The molecule has 0 spiro atoms. The Kier molecular flexibility index (Phi) is 3.91. The Morgan fingerprint density at radius 3 is 2.29 bits per heavy atom. The fourth-order valence-electron chi connectivity index (χ4n) is 1.74. The van der Waals surface area contributed by atoms with Crippen LogP contribution in [-0.4, -0.2) is 42.8 Å². The van der Waals surface area contributed by atoms with Crippen LogP contribution in [0.2, 0.25) is 0 Å². The second-order valence-corrected chi connectivity index (χ2v) is 4.79. The van der Waals surface area contributed by atoms with Crippen molar-refractivity contribution in [2.24, 2.45) is 0 Å². The lowest BCUT2D eigenvalue weighted by molar-refractivity contribution is -0.126. The van der Waals surface area contributed by atoms with Crippen molar-refractivity contribution in [1.29, 1.82) is 0 Å². The number of carbonyl (C=O) groups excluding carboxylic acids is 2. The normalized spacial score (nSPS) is 15.7. The molecule has 1 aromatic rings. The van der Waals surface area contributed by atoms with E-state index in [1.807, 2.05) is 0 Å². The van der Waals surface area contributed by atoms with Gasteiger partial charge in [-0.15, -0.1) is 0 Å². The summed E-state index contributed by atoms with van der Waals surface area (Å²) in [7, 11) is 0. The van der Waals surface area contributed by atoms with Crippen LogP contribution in [-0.2, 0) is 4.79 Å². The molecule has 1 heterocycles. The summed E-state index contributed by atoms with van der Waals surface area (Å²) in [6.07, 6.45) is 0. The van der Waals surface area contributed by atoms with Crippen molar-refractivity contribution in [2.75, 3.05) is 26.2 Å². The smallest absolute Gasteiger partial charge is 0.295 e. The van der Waals surface area contributed by atoms with Gasteiger partial charge in [-0.25, -0.2) is 0 Å². The Labute approximate surface area is 108 Å². The molecule has 2 rings (SSSR count). The van der Waals surface area contributed by atoms with Crippen LogP contribution in [0.3, 0.4) is 0 Å². The number of halogens is 1. The van der Waals surface area contributed by atoms with E-state index in [0.29, 0.717) is 18.7 Å². The first-order valence-corrected chi connectivity index (χ1v) is 6.27. The zero-order valence-corrected chi connectivity index (χ0v) is 10.9. The molecule has 0 atom stereocenters. The maximum absolute atomic E-state index is 11.9. The molecule has 1 fully saturated rings. The van der Waals surface area contributed by atoms with Crippen molar-refractivity contribution in [3.8, 4) is 0 Å². The summed E-state index contributed by atoms with van der Waals surface area (Å²) in [6, 6.07) is 6.84. The minimum Gasteiger partial charge on any atom is -0.333 e. The highest BCUT2D eigenvalue weighted by atomic mass is 79.9. The molecule has 1 amide bonds. The van der Waals surface area contributed by atoms with E-state index in [1.165, 1.54) is 0 Å². The quantitative estimate of drug-likeness (QED) is 0.656. The van der Waals surface area contributed by atoms with E-state index >= 15 is 0 Å². The van der Waals surface area contributed by atoms with Gasteiger partial charge in [-0.05, 0) is 24.3 Å². The first kappa shape index (κ1) is 12.3. The molecule has 1 N–H and O–H groups in total. The van der Waals surface area contributed by atoms with E-state index in [4.69, 9.17) is 0 Å². The summed E-state index contributed by atoms with van der Waals surface area (Å²) in [5.74, 6) is -0.840. The lowest BCUT2D eigenvalue weighted by Crippen LogP contribution is -2.48. The molecule has 4 nitrogen and oxygen atoms in total. The van der Waals surface area contributed by atoms with Crippen molar-refractivity contribution in [2.45, 2.75) is 0 Å². The summed E-state index contributed by atoms with van der Waals surface area (Å²) >= 11 is 3.29. The van der Waals surface area contributed by atoms with E-state index in [-0.39, 0.29) is 0 Å². The van der Waals surface area contributed by atoms with Gasteiger partial charge in [0.15, 0.2) is 0 Å². The number of rotatable bonds is 2. The zero-order chi connectivity index (χ0) is 12.3. The third-order valence-electron chi connectivity index (χ3n) is 2.70. The fourth-order valence-corrected chi connectivity index (χ4v) is 2.00. The number of Topliss-reactive ketones (excluding diaryl/α,β-unsaturated/α-hetero) is 1. The third-order valence-corrected chi connectivity index (χ3v) is 3.23. The van der Waals surface area contributed by atoms with Gasteiger partial charge >= 0.3 is 0 Å². The molecule has 0 unspecified atom stereocenters. The summed E-state index contributed by atoms with van der Waals surface area (Å²) in [5, 5.41) is 3.14. The summed E-state index contributed by atoms with van der Waals surface area (Å²) < 4.78 is 0.892. The molecule has 90 valence electrons. The second kappa shape index (κ2) is 5.42. The first-order chi connectivity index (χ1) is 8.18. The molecule has 0 bridgehead atoms. The van der Waals surface area contributed by atoms with Gasteiger partial charge in [0.05, 0.1) is 0 Å². The minimum atomic E-state index is -0.431. The monoisotopic (exact) mass is 296 g/mol. The number of hydrogen-bond acceptors (Lipinski definition) is 3. The Bertz CT molecular complexity index is 425. The molecule has 17 heavy (non-hydrogen) atoms. The molecule has 0 saturated carbocycles. The standard InChI is InChI=1S/C12H13BrN2O2/c13-10-3-1-9(2-4-10)11(16)12(17)15-7-5-14-6-8-15/h1-4,14H,5-8H2. The number of ketones is 1. The number of amides is 1. The van der Waals surface area contributed by atoms with Crippen LogP contribution in [0.5, 0.6) is 0 Å². The summed E-state index contributed by atoms with van der Waals surface area (Å²) in [4.78, 5) is 25.4. The molecule has 1 aliphatic heterocycles. The molecule has 0 aliphatic carbocycles. The van der Waals surface area contributed by atoms with Crippen LogP contribution in [0.1, 0.15) is 10.4 Å². The van der Waals surface area contributed by atoms with Crippen molar-refractivity contribution in [3.05, 3.63) is 34.3 Å². The minimum absolute atomic E-state index is 0.408. The predicted molar refractivity (Wildman–Crippen MR) is 67.9 cm³/mol. The number of benzene rings is 1. The van der Waals surface area contributed by atoms with Gasteiger partial charge in [0.2, 0.25) is 5.78 Å². The highest BCUT2D eigenvalue weighted by Crippen LogP contribution is 2.12. The molecule has 0 aromatic heterocycles. The van der Waals surface area contributed by atoms with Crippen molar-refractivity contribution in [1.82, 2.24) is 10.2 Å². The number of nitrogens with one attached hydrogen (secondary N) is 1. The molecule has 0 radical (unpaired) electrons. The van der Waals surface area contributed by atoms with E-state index < -0.39 is 11.7 Å². The SMILES string of the molecule is O=C(C(=O)N1CCNCC1)c1ccc(Br)cc1. The van der Waals surface area contributed by atoms with Gasteiger partial charge < -0.3 is 10.2 Å². The molecule has 1 aliphatic rings. The number of hydrogen-bond donors (Lipinski definition) is 1. The van der Waals surface area contributed by atoms with Crippen LogP contribution in [0.4, 0.5) is 0 Å². The largest absolute Gasteiger partial charge is 0.333 e. The maximum atomic E-state index is 11.9. The Morgan fingerprint density at radius 2 is 1.71 bits per heavy atom. The number of piperazine rings is 1. The Balaban J connectivity index is 2.08. The predicted octanol–water partition coefficient (Wildman–Crippen LogP) is 1.06. The average Bonchev–Trinajstić information content (AvgIpc) is 2.39. The van der Waals surface area contributed by atoms with Crippen molar-refractivity contribution in [3.63, 3.8) is 0 Å². The van der Waals surface area contributed by atoms with E-state index in [2.05, 4.69) is 21.2 Å². The molecular formula is C12H13BrN2O2. The van der Waals surface area contributed by atoms with Crippen LogP contribution in [0.15, 0.2) is 28.7 Å². The number of carbonyl (C=O) groups is 2. The highest BCUT2D eigenvalue weighted by Gasteiger charge is 2.24. The summed E-state index contributed by atoms with van der Waals surface area (Å²) in [6.45, 7) is 2.70. The maximum Gasteiger partial charge on any atom is 0.295 e. The van der Waals surface area contributed by atoms with Crippen LogP contribution in [0, 0.1) is 0 Å². The van der Waals surface area contributed by atoms with Gasteiger partial charge in [0.1, 0.15) is 0 Å². The van der Waals surface area contributed by atoms with Crippen LogP contribution >= 0.6 is 15.9 Å². The van der Waals surface area contributed by atoms with Gasteiger partial charge in [0, 0.05) is 36.2 Å². The van der Waals surface area contributed by atoms with Gasteiger partial charge in [-0.2, -0.15) is 0 Å². The molecule has 1 saturated heterocycles. The lowest BCUT2D eigenvalue weighted by Gasteiger charge is -2.26. The number of nitrogens with zero attached hydrogens (tertiary/aromatic N) is 1. The average molecular weight is 297 g/mol. The lowest BCUT2D eigenvalue weighted by atomic mass is 10.1. The molecule has 5 heteroatoms.